The molecule has 2 bridgehead atoms. The highest BCUT2D eigenvalue weighted by Crippen LogP contribution is 2.63. The number of amides is 4. The Labute approximate surface area is 314 Å². The van der Waals surface area contributed by atoms with Crippen molar-refractivity contribution in [2.45, 2.75) is 100 Å². The summed E-state index contributed by atoms with van der Waals surface area (Å²) in [6, 6.07) is 1.96. The SMILES string of the molecule is COc1ccc2c3c1O[C@H]1C(OC(=O)N4CCCC[C@@H]4CNC(=O)[C@H](CCCN=C(N)N)NC(=O)[C@H](C)NC(=O)CC(=O)O)=CC[C@H]4[C@@H](C2)N(C)CC[C@]314. The number of benzene rings is 1. The fraction of sp³-hybridized carbons (Fsp3) is 0.622. The normalized spacial score (nSPS) is 26.1. The average Bonchev–Trinajstić information content (AvgIpc) is 3.49. The summed E-state index contributed by atoms with van der Waals surface area (Å²) >= 11 is 0. The number of hydrogen-bond donors (Lipinski definition) is 6. The first-order valence-corrected chi connectivity index (χ1v) is 18.7. The third-order valence-corrected chi connectivity index (χ3v) is 11.7. The van der Waals surface area contributed by atoms with Gasteiger partial charge in [0.25, 0.3) is 0 Å². The number of nitrogens with two attached hydrogens (primary N) is 2. The summed E-state index contributed by atoms with van der Waals surface area (Å²) in [5.41, 5.74) is 13.0. The Hall–Kier alpha value is -5.06. The molecule has 1 aromatic rings. The van der Waals surface area contributed by atoms with Gasteiger partial charge in [-0.25, -0.2) is 4.79 Å². The van der Waals surface area contributed by atoms with E-state index in [0.29, 0.717) is 42.9 Å². The number of aliphatic carboxylic acids is 1. The predicted molar refractivity (Wildman–Crippen MR) is 196 cm³/mol. The number of carboxylic acid groups (broad SMARTS) is 1. The van der Waals surface area contributed by atoms with Crippen molar-refractivity contribution in [2.24, 2.45) is 22.4 Å². The fourth-order valence-corrected chi connectivity index (χ4v) is 9.08. The standard InChI is InChI=1S/C37H52N8O9/c1-20(42-28(46)18-29(47)48)33(49)43-24(8-6-14-40-35(38)39)34(50)41-19-22-7-4-5-15-45(22)36(51)53-27-12-10-23-25-17-21-9-11-26(52-3)31-30(21)37(23,32(27)54-31)13-16-44(25)2/h9,11-12,20,22-25,32H,4-8,10,13-19H2,1-3H3,(H,41,50)(H,42,46)(H,43,49)(H,47,48)(H4,38,39,40)/t20-,22+,23-,24-,25+,32-,37-/m0/s1. The van der Waals surface area contributed by atoms with Gasteiger partial charge in [0, 0.05) is 36.7 Å². The minimum absolute atomic E-state index is 0.106. The van der Waals surface area contributed by atoms with Gasteiger partial charge in [-0.3, -0.25) is 24.2 Å². The third kappa shape index (κ3) is 7.63. The molecule has 5 aliphatic rings. The summed E-state index contributed by atoms with van der Waals surface area (Å²) in [5, 5.41) is 16.7. The number of nitrogens with one attached hydrogen (secondary N) is 3. The number of carboxylic acids is 1. The van der Waals surface area contributed by atoms with Crippen molar-refractivity contribution in [3.63, 3.8) is 0 Å². The Morgan fingerprint density at radius 2 is 1.93 bits per heavy atom. The molecule has 3 heterocycles. The summed E-state index contributed by atoms with van der Waals surface area (Å²) < 4.78 is 18.8. The Morgan fingerprint density at radius 1 is 1.13 bits per heavy atom. The van der Waals surface area contributed by atoms with E-state index in [9.17, 15) is 24.0 Å². The predicted octanol–water partition coefficient (Wildman–Crippen LogP) is 0.483. The lowest BCUT2D eigenvalue weighted by Crippen LogP contribution is -2.63. The summed E-state index contributed by atoms with van der Waals surface area (Å²) in [7, 11) is 3.82. The number of piperidine rings is 2. The van der Waals surface area contributed by atoms with E-state index in [1.807, 2.05) is 12.1 Å². The highest BCUT2D eigenvalue weighted by atomic mass is 16.6. The van der Waals surface area contributed by atoms with E-state index in [1.54, 1.807) is 12.0 Å². The smallest absolute Gasteiger partial charge is 0.415 e. The average molecular weight is 753 g/mol. The molecular formula is C37H52N8O9. The van der Waals surface area contributed by atoms with Crippen molar-refractivity contribution >= 4 is 35.7 Å². The largest absolute Gasteiger partial charge is 0.493 e. The lowest BCUT2D eigenvalue weighted by molar-refractivity contribution is -0.141. The van der Waals surface area contributed by atoms with Crippen LogP contribution in [0.4, 0.5) is 4.79 Å². The van der Waals surface area contributed by atoms with E-state index in [4.69, 9.17) is 30.8 Å². The number of allylic oxidation sites excluding steroid dienone is 1. The Balaban J connectivity index is 1.13. The number of ether oxygens (including phenoxy) is 3. The molecule has 294 valence electrons. The van der Waals surface area contributed by atoms with Crippen LogP contribution in [0.2, 0.25) is 0 Å². The monoisotopic (exact) mass is 752 g/mol. The van der Waals surface area contributed by atoms with E-state index in [2.05, 4.69) is 39.0 Å². The van der Waals surface area contributed by atoms with Crippen LogP contribution >= 0.6 is 0 Å². The summed E-state index contributed by atoms with van der Waals surface area (Å²) in [6.07, 6.45) is 5.58. The topological polar surface area (TPSA) is 240 Å². The number of hydrogen-bond acceptors (Lipinski definition) is 10. The van der Waals surface area contributed by atoms with Gasteiger partial charge in [-0.1, -0.05) is 6.07 Å². The van der Waals surface area contributed by atoms with E-state index in [0.717, 1.165) is 44.4 Å². The second-order valence-corrected chi connectivity index (χ2v) is 14.9. The molecule has 3 aliphatic heterocycles. The van der Waals surface area contributed by atoms with Gasteiger partial charge in [0.15, 0.2) is 23.6 Å². The molecule has 17 nitrogen and oxygen atoms in total. The highest BCUT2D eigenvalue weighted by Gasteiger charge is 2.65. The lowest BCUT2D eigenvalue weighted by atomic mass is 9.53. The zero-order valence-corrected chi connectivity index (χ0v) is 31.1. The van der Waals surface area contributed by atoms with Crippen molar-refractivity contribution in [1.29, 1.82) is 0 Å². The molecule has 2 saturated heterocycles. The molecule has 0 unspecified atom stereocenters. The molecule has 54 heavy (non-hydrogen) atoms. The molecule has 1 spiro atoms. The van der Waals surface area contributed by atoms with Gasteiger partial charge in [-0.15, -0.1) is 0 Å². The van der Waals surface area contributed by atoms with E-state index >= 15 is 0 Å². The van der Waals surface area contributed by atoms with Crippen molar-refractivity contribution in [2.75, 3.05) is 40.3 Å². The zero-order chi connectivity index (χ0) is 38.7. The maximum absolute atomic E-state index is 14.0. The number of methoxy groups -OCH3 is 1. The third-order valence-electron chi connectivity index (χ3n) is 11.7. The molecule has 17 heteroatoms. The Bertz CT molecular complexity index is 1710. The van der Waals surface area contributed by atoms with Gasteiger partial charge < -0.3 is 56.5 Å². The molecule has 0 saturated carbocycles. The number of carbonyl (C=O) groups is 5. The Morgan fingerprint density at radius 3 is 2.67 bits per heavy atom. The van der Waals surface area contributed by atoms with Crippen LogP contribution in [0.3, 0.4) is 0 Å². The van der Waals surface area contributed by atoms with Crippen LogP contribution in [-0.2, 0) is 35.8 Å². The molecule has 0 aromatic heterocycles. The van der Waals surface area contributed by atoms with Crippen LogP contribution in [0.15, 0.2) is 29.0 Å². The fourth-order valence-electron chi connectivity index (χ4n) is 9.08. The second-order valence-electron chi connectivity index (χ2n) is 14.9. The van der Waals surface area contributed by atoms with Gasteiger partial charge >= 0.3 is 12.1 Å². The molecule has 0 radical (unpaired) electrons. The molecule has 8 N–H and O–H groups in total. The minimum atomic E-state index is -1.34. The van der Waals surface area contributed by atoms with Crippen LogP contribution in [-0.4, -0.2) is 121 Å². The molecule has 2 aliphatic carbocycles. The van der Waals surface area contributed by atoms with Crippen LogP contribution in [0.5, 0.6) is 11.5 Å². The molecule has 7 atom stereocenters. The quantitative estimate of drug-likeness (QED) is 0.0659. The number of likely N-dealkylation sites (N-methyl/N-ethyl adjacent to an activating group) is 1. The maximum Gasteiger partial charge on any atom is 0.415 e. The van der Waals surface area contributed by atoms with Gasteiger partial charge in [0.05, 0.1) is 13.2 Å². The van der Waals surface area contributed by atoms with Crippen molar-refractivity contribution in [1.82, 2.24) is 25.8 Å². The summed E-state index contributed by atoms with van der Waals surface area (Å²) in [4.78, 5) is 71.4. The summed E-state index contributed by atoms with van der Waals surface area (Å²) in [6.45, 7) is 3.07. The van der Waals surface area contributed by atoms with E-state index in [1.165, 1.54) is 18.1 Å². The number of likely N-dealkylation sites (tertiary alicyclic amines) is 2. The van der Waals surface area contributed by atoms with Crippen molar-refractivity contribution < 1.29 is 43.3 Å². The molecular weight excluding hydrogens is 700 g/mol. The zero-order valence-electron chi connectivity index (χ0n) is 31.1. The summed E-state index contributed by atoms with van der Waals surface area (Å²) in [5.74, 6) is -1.21. The number of nitrogens with zero attached hydrogens (tertiary/aromatic N) is 3. The van der Waals surface area contributed by atoms with Crippen LogP contribution in [0, 0.1) is 5.92 Å². The molecule has 1 aromatic carbocycles. The van der Waals surface area contributed by atoms with E-state index in [-0.39, 0.29) is 36.9 Å². The van der Waals surface area contributed by atoms with Crippen molar-refractivity contribution in [3.8, 4) is 11.5 Å². The first-order valence-electron chi connectivity index (χ1n) is 18.7. The maximum atomic E-state index is 14.0. The first-order chi connectivity index (χ1) is 25.8. The number of guanidine groups is 1. The molecule has 4 amide bonds. The van der Waals surface area contributed by atoms with Gasteiger partial charge in [0.2, 0.25) is 17.7 Å². The van der Waals surface area contributed by atoms with E-state index < -0.39 is 54.4 Å². The lowest BCUT2D eigenvalue weighted by Gasteiger charge is -2.56. The van der Waals surface area contributed by atoms with Crippen LogP contribution in [0.1, 0.15) is 69.4 Å². The second kappa shape index (κ2) is 16.1. The number of rotatable bonds is 14. The van der Waals surface area contributed by atoms with Gasteiger partial charge in [-0.2, -0.15) is 0 Å². The highest BCUT2D eigenvalue weighted by molar-refractivity contribution is 5.96. The van der Waals surface area contributed by atoms with Crippen molar-refractivity contribution in [3.05, 3.63) is 35.1 Å². The first kappa shape index (κ1) is 38.7. The minimum Gasteiger partial charge on any atom is -0.493 e. The van der Waals surface area contributed by atoms with Crippen LogP contribution < -0.4 is 36.9 Å². The number of aliphatic imine (C=N–C) groups is 1. The van der Waals surface area contributed by atoms with Crippen LogP contribution in [0.25, 0.3) is 0 Å². The Kier molecular flexibility index (Phi) is 11.5. The molecule has 6 rings (SSSR count). The van der Waals surface area contributed by atoms with Gasteiger partial charge in [-0.05, 0) is 95.5 Å². The molecule has 2 fully saturated rings. The van der Waals surface area contributed by atoms with Gasteiger partial charge in [0.1, 0.15) is 24.3 Å². The number of carbonyl (C=O) groups excluding carboxylic acids is 4.